The molecule has 2 rings (SSSR count). The molecule has 0 aromatic carbocycles. The highest BCUT2D eigenvalue weighted by atomic mass is 16.3. The molecular formula is C16H24N4O. The summed E-state index contributed by atoms with van der Waals surface area (Å²) in [4.78, 5) is 2.02. The Balaban J connectivity index is 1.94. The second-order valence-electron chi connectivity index (χ2n) is 6.35. The van der Waals surface area contributed by atoms with Crippen LogP contribution in [-0.2, 0) is 13.1 Å². The van der Waals surface area contributed by atoms with Crippen molar-refractivity contribution >= 4 is 5.82 Å². The van der Waals surface area contributed by atoms with Crippen molar-refractivity contribution in [2.24, 2.45) is 0 Å². The second kappa shape index (κ2) is 6.26. The first-order valence-corrected chi connectivity index (χ1v) is 7.17. The summed E-state index contributed by atoms with van der Waals surface area (Å²) in [5.41, 5.74) is 1.02. The number of furan rings is 1. The molecule has 0 radical (unpaired) electrons. The van der Waals surface area contributed by atoms with E-state index in [1.165, 1.54) is 0 Å². The van der Waals surface area contributed by atoms with Crippen molar-refractivity contribution in [2.45, 2.75) is 46.3 Å². The number of hydrogen-bond donors (Lipinski definition) is 1. The van der Waals surface area contributed by atoms with Gasteiger partial charge in [-0.25, -0.2) is 0 Å². The summed E-state index contributed by atoms with van der Waals surface area (Å²) in [5.74, 6) is 2.69. The van der Waals surface area contributed by atoms with Gasteiger partial charge >= 0.3 is 0 Å². The highest BCUT2D eigenvalue weighted by Crippen LogP contribution is 2.14. The first-order chi connectivity index (χ1) is 9.83. The monoisotopic (exact) mass is 288 g/mol. The molecule has 0 unspecified atom stereocenters. The molecule has 2 aromatic rings. The Morgan fingerprint density at radius 1 is 1.14 bits per heavy atom. The number of aromatic nitrogens is 2. The molecule has 0 aliphatic carbocycles. The van der Waals surface area contributed by atoms with Crippen LogP contribution in [-0.4, -0.2) is 22.8 Å². The van der Waals surface area contributed by atoms with Crippen LogP contribution in [0.2, 0.25) is 0 Å². The Morgan fingerprint density at radius 2 is 1.90 bits per heavy atom. The Morgan fingerprint density at radius 3 is 2.43 bits per heavy atom. The minimum atomic E-state index is 0.0777. The van der Waals surface area contributed by atoms with Crippen molar-refractivity contribution in [1.82, 2.24) is 15.5 Å². The molecule has 5 heteroatoms. The van der Waals surface area contributed by atoms with Gasteiger partial charge in [0.2, 0.25) is 0 Å². The van der Waals surface area contributed by atoms with Gasteiger partial charge in [-0.15, -0.1) is 5.10 Å². The number of nitrogens with zero attached hydrogens (tertiary/aromatic N) is 3. The van der Waals surface area contributed by atoms with E-state index in [2.05, 4.69) is 36.3 Å². The van der Waals surface area contributed by atoms with Gasteiger partial charge in [-0.3, -0.25) is 0 Å². The Bertz CT molecular complexity index is 569. The quantitative estimate of drug-likeness (QED) is 0.917. The van der Waals surface area contributed by atoms with E-state index >= 15 is 0 Å². The molecule has 0 saturated carbocycles. The van der Waals surface area contributed by atoms with Crippen molar-refractivity contribution < 1.29 is 4.42 Å². The van der Waals surface area contributed by atoms with E-state index in [9.17, 15) is 0 Å². The van der Waals surface area contributed by atoms with Gasteiger partial charge in [0, 0.05) is 19.1 Å². The highest BCUT2D eigenvalue weighted by Gasteiger charge is 2.10. The third kappa shape index (κ3) is 4.86. The van der Waals surface area contributed by atoms with E-state index < -0.39 is 0 Å². The molecule has 0 amide bonds. The molecule has 0 spiro atoms. The maximum absolute atomic E-state index is 5.58. The van der Waals surface area contributed by atoms with Crippen molar-refractivity contribution in [2.75, 3.05) is 11.9 Å². The Kier molecular flexibility index (Phi) is 4.63. The van der Waals surface area contributed by atoms with Crippen LogP contribution in [0.5, 0.6) is 0 Å². The third-order valence-electron chi connectivity index (χ3n) is 3.09. The molecular weight excluding hydrogens is 264 g/mol. The summed E-state index contributed by atoms with van der Waals surface area (Å²) >= 11 is 0. The van der Waals surface area contributed by atoms with E-state index in [0.29, 0.717) is 6.54 Å². The number of aryl methyl sites for hydroxylation is 1. The number of rotatable bonds is 5. The highest BCUT2D eigenvalue weighted by molar-refractivity contribution is 5.36. The lowest BCUT2D eigenvalue weighted by atomic mass is 10.1. The van der Waals surface area contributed by atoms with Crippen LogP contribution in [0.1, 0.15) is 38.0 Å². The van der Waals surface area contributed by atoms with Gasteiger partial charge in [0.15, 0.2) is 5.82 Å². The van der Waals surface area contributed by atoms with E-state index in [-0.39, 0.29) is 5.54 Å². The van der Waals surface area contributed by atoms with Crippen LogP contribution in [0.25, 0.3) is 0 Å². The lowest BCUT2D eigenvalue weighted by molar-refractivity contribution is 0.420. The molecule has 0 fully saturated rings. The molecule has 5 nitrogen and oxygen atoms in total. The van der Waals surface area contributed by atoms with Crippen molar-refractivity contribution in [1.29, 1.82) is 0 Å². The van der Waals surface area contributed by atoms with Crippen LogP contribution < -0.4 is 10.2 Å². The van der Waals surface area contributed by atoms with Crippen LogP contribution in [0.15, 0.2) is 28.7 Å². The van der Waals surface area contributed by atoms with Gasteiger partial charge in [-0.05, 0) is 52.0 Å². The molecule has 2 heterocycles. The minimum Gasteiger partial charge on any atom is -0.464 e. The molecule has 0 atom stereocenters. The molecule has 21 heavy (non-hydrogen) atoms. The van der Waals surface area contributed by atoms with Crippen LogP contribution in [0.3, 0.4) is 0 Å². The summed E-state index contributed by atoms with van der Waals surface area (Å²) in [7, 11) is 1.98. The molecule has 2 aromatic heterocycles. The summed E-state index contributed by atoms with van der Waals surface area (Å²) in [6, 6.07) is 7.95. The lowest BCUT2D eigenvalue weighted by Crippen LogP contribution is -2.35. The first kappa shape index (κ1) is 15.5. The number of hydrogen-bond acceptors (Lipinski definition) is 5. The van der Waals surface area contributed by atoms with Gasteiger partial charge in [0.1, 0.15) is 11.5 Å². The maximum atomic E-state index is 5.58. The lowest BCUT2D eigenvalue weighted by Gasteiger charge is -2.20. The van der Waals surface area contributed by atoms with Crippen molar-refractivity contribution in [3.8, 4) is 0 Å². The standard InChI is InChI=1S/C16H24N4O/c1-12-6-8-14(21-12)11-20(5)15-9-7-13(18-19-15)10-17-16(2,3)4/h6-9,17H,10-11H2,1-5H3. The number of anilines is 1. The van der Waals surface area contributed by atoms with Gasteiger partial charge in [0.25, 0.3) is 0 Å². The topological polar surface area (TPSA) is 54.2 Å². The Hall–Kier alpha value is -1.88. The molecule has 0 bridgehead atoms. The fourth-order valence-electron chi connectivity index (χ4n) is 1.89. The first-order valence-electron chi connectivity index (χ1n) is 7.17. The van der Waals surface area contributed by atoms with Gasteiger partial charge in [-0.2, -0.15) is 5.10 Å². The molecule has 1 N–H and O–H groups in total. The van der Waals surface area contributed by atoms with E-state index in [1.54, 1.807) is 0 Å². The fraction of sp³-hybridized carbons (Fsp3) is 0.500. The smallest absolute Gasteiger partial charge is 0.151 e. The van der Waals surface area contributed by atoms with Gasteiger partial charge < -0.3 is 14.6 Å². The predicted molar refractivity (Wildman–Crippen MR) is 84.2 cm³/mol. The number of nitrogens with one attached hydrogen (secondary N) is 1. The second-order valence-corrected chi connectivity index (χ2v) is 6.35. The third-order valence-corrected chi connectivity index (χ3v) is 3.09. The summed E-state index contributed by atoms with van der Waals surface area (Å²) in [6.45, 7) is 9.75. The van der Waals surface area contributed by atoms with Crippen molar-refractivity contribution in [3.05, 3.63) is 41.5 Å². The Labute approximate surface area is 126 Å². The zero-order chi connectivity index (χ0) is 15.5. The summed E-state index contributed by atoms with van der Waals surface area (Å²) < 4.78 is 5.58. The van der Waals surface area contributed by atoms with Crippen LogP contribution >= 0.6 is 0 Å². The van der Waals surface area contributed by atoms with E-state index in [0.717, 1.165) is 29.6 Å². The maximum Gasteiger partial charge on any atom is 0.151 e. The molecule has 0 aliphatic heterocycles. The zero-order valence-electron chi connectivity index (χ0n) is 13.5. The minimum absolute atomic E-state index is 0.0777. The molecule has 0 aliphatic rings. The fourth-order valence-corrected chi connectivity index (χ4v) is 1.89. The van der Waals surface area contributed by atoms with E-state index in [4.69, 9.17) is 4.42 Å². The van der Waals surface area contributed by atoms with E-state index in [1.807, 2.05) is 43.1 Å². The van der Waals surface area contributed by atoms with Crippen molar-refractivity contribution in [3.63, 3.8) is 0 Å². The molecule has 114 valence electrons. The van der Waals surface area contributed by atoms with Crippen LogP contribution in [0, 0.1) is 6.92 Å². The zero-order valence-corrected chi connectivity index (χ0v) is 13.5. The van der Waals surface area contributed by atoms with Gasteiger partial charge in [-0.1, -0.05) is 0 Å². The summed E-state index contributed by atoms with van der Waals surface area (Å²) in [6.07, 6.45) is 0. The van der Waals surface area contributed by atoms with Crippen LogP contribution in [0.4, 0.5) is 5.82 Å². The average molecular weight is 288 g/mol. The largest absolute Gasteiger partial charge is 0.464 e. The SMILES string of the molecule is Cc1ccc(CN(C)c2ccc(CNC(C)(C)C)nn2)o1. The molecule has 0 saturated heterocycles. The average Bonchev–Trinajstić information content (AvgIpc) is 2.81. The van der Waals surface area contributed by atoms with Gasteiger partial charge in [0.05, 0.1) is 12.2 Å². The normalized spacial score (nSPS) is 11.7. The summed E-state index contributed by atoms with van der Waals surface area (Å²) in [5, 5.41) is 11.9. The predicted octanol–water partition coefficient (Wildman–Crippen LogP) is 2.90.